The van der Waals surface area contributed by atoms with E-state index in [-0.39, 0.29) is 30.9 Å². The molecule has 4 aliphatic carbocycles. The van der Waals surface area contributed by atoms with Crippen molar-refractivity contribution in [1.29, 1.82) is 0 Å². The first-order valence-electron chi connectivity index (χ1n) is 14.2. The summed E-state index contributed by atoms with van der Waals surface area (Å²) in [4.78, 5) is 66.9. The van der Waals surface area contributed by atoms with Gasteiger partial charge in [0, 0.05) is 26.3 Å². The molecule has 1 aromatic carbocycles. The molecule has 2 unspecified atom stereocenters. The Bertz CT molecular complexity index is 1150. The second-order valence-electron chi connectivity index (χ2n) is 12.1. The van der Waals surface area contributed by atoms with Gasteiger partial charge < -0.3 is 25.6 Å². The van der Waals surface area contributed by atoms with Crippen LogP contribution < -0.4 is 20.5 Å². The maximum Gasteiger partial charge on any atom is 0.524 e. The summed E-state index contributed by atoms with van der Waals surface area (Å²) in [6.45, 7) is 1.79. The summed E-state index contributed by atoms with van der Waals surface area (Å²) in [6.07, 6.45) is 8.60. The molecule has 0 radical (unpaired) electrons. The molecule has 4 fully saturated rings. The highest BCUT2D eigenvalue weighted by atomic mass is 31.2. The van der Waals surface area contributed by atoms with Gasteiger partial charge in [0.25, 0.3) is 0 Å². The minimum atomic E-state index is -4.73. The topological polar surface area (TPSA) is 191 Å². The van der Waals surface area contributed by atoms with Crippen LogP contribution in [0.3, 0.4) is 0 Å². The zero-order valence-corrected chi connectivity index (χ0v) is 24.1. The van der Waals surface area contributed by atoms with Crippen molar-refractivity contribution in [3.8, 4) is 5.75 Å². The largest absolute Gasteiger partial charge is 0.524 e. The van der Waals surface area contributed by atoms with Crippen molar-refractivity contribution in [2.75, 3.05) is 6.54 Å². The van der Waals surface area contributed by atoms with E-state index in [1.807, 2.05) is 0 Å². The first kappa shape index (κ1) is 31.0. The van der Waals surface area contributed by atoms with Crippen LogP contribution in [0.2, 0.25) is 0 Å². The van der Waals surface area contributed by atoms with Crippen molar-refractivity contribution in [1.82, 2.24) is 16.0 Å². The number of carbonyl (C=O) groups is 4. The van der Waals surface area contributed by atoms with Crippen molar-refractivity contribution >= 4 is 31.5 Å². The van der Waals surface area contributed by atoms with Crippen molar-refractivity contribution in [2.24, 2.45) is 23.2 Å². The number of carboxylic acids is 1. The molecule has 4 aliphatic rings. The summed E-state index contributed by atoms with van der Waals surface area (Å²) in [5.74, 6) is -0.364. The van der Waals surface area contributed by atoms with E-state index < -0.39 is 37.7 Å². The highest BCUT2D eigenvalue weighted by Crippen LogP contribution is 2.61. The Morgan fingerprint density at radius 2 is 1.56 bits per heavy atom. The third kappa shape index (κ3) is 9.02. The maximum atomic E-state index is 13.0. The van der Waals surface area contributed by atoms with Gasteiger partial charge in [-0.3, -0.25) is 24.2 Å². The Morgan fingerprint density at radius 1 is 0.976 bits per heavy atom. The predicted octanol–water partition coefficient (Wildman–Crippen LogP) is 2.28. The van der Waals surface area contributed by atoms with E-state index in [9.17, 15) is 28.8 Å². The van der Waals surface area contributed by atoms with Gasteiger partial charge in [0.1, 0.15) is 17.8 Å². The van der Waals surface area contributed by atoms with Crippen molar-refractivity contribution in [3.05, 3.63) is 29.8 Å². The van der Waals surface area contributed by atoms with Gasteiger partial charge in [-0.15, -0.1) is 0 Å². The van der Waals surface area contributed by atoms with E-state index in [4.69, 9.17) is 9.79 Å². The minimum Gasteiger partial charge on any atom is -0.480 e. The van der Waals surface area contributed by atoms with Gasteiger partial charge in [-0.25, -0.2) is 9.36 Å². The lowest BCUT2D eigenvalue weighted by Crippen LogP contribution is -2.52. The number of phosphoric acid groups is 1. The standard InChI is InChI=1S/C28H40N3O9P/c1-17(32)30-24(13-18-2-4-22(5-3-18)40-41(37,38)39)26(34)31-23(27(35)36)6-7-25(33)29-9-8-28-14-19-10-20(15-28)12-21(11-19)16-28/h2-5,19-21,23-24H,6-16H2,1H3,(H,29,33)(H,30,32)(H,31,34)(H,35,36)(H2,37,38,39). The van der Waals surface area contributed by atoms with Gasteiger partial charge in [-0.1, -0.05) is 12.1 Å². The Morgan fingerprint density at radius 3 is 2.07 bits per heavy atom. The summed E-state index contributed by atoms with van der Waals surface area (Å²) in [6, 6.07) is 3.10. The van der Waals surface area contributed by atoms with E-state index in [1.54, 1.807) is 0 Å². The van der Waals surface area contributed by atoms with Crippen LogP contribution >= 0.6 is 7.82 Å². The molecule has 4 saturated carbocycles. The number of hydrogen-bond acceptors (Lipinski definition) is 6. The second-order valence-corrected chi connectivity index (χ2v) is 13.3. The lowest BCUT2D eigenvalue weighted by molar-refractivity contribution is -0.142. The lowest BCUT2D eigenvalue weighted by Gasteiger charge is -2.57. The maximum absolute atomic E-state index is 13.0. The average molecular weight is 594 g/mol. The molecule has 41 heavy (non-hydrogen) atoms. The van der Waals surface area contributed by atoms with Crippen LogP contribution in [0.5, 0.6) is 5.75 Å². The molecule has 6 N–H and O–H groups in total. The van der Waals surface area contributed by atoms with Crippen LogP contribution in [0.15, 0.2) is 24.3 Å². The Hall–Kier alpha value is -2.95. The minimum absolute atomic E-state index is 0.0151. The van der Waals surface area contributed by atoms with Crippen LogP contribution in [-0.2, 0) is 30.2 Å². The van der Waals surface area contributed by atoms with E-state index in [2.05, 4.69) is 20.5 Å². The van der Waals surface area contributed by atoms with Crippen molar-refractivity contribution in [2.45, 2.75) is 83.2 Å². The number of phosphoric ester groups is 1. The molecule has 5 rings (SSSR count). The number of hydrogen-bond donors (Lipinski definition) is 6. The Balaban J connectivity index is 1.25. The van der Waals surface area contributed by atoms with Gasteiger partial charge in [-0.05, 0) is 92.2 Å². The molecule has 0 aliphatic heterocycles. The summed E-state index contributed by atoms with van der Waals surface area (Å²) in [7, 11) is -4.73. The molecule has 4 bridgehead atoms. The van der Waals surface area contributed by atoms with Gasteiger partial charge in [0.05, 0.1) is 0 Å². The number of rotatable bonds is 14. The zero-order valence-electron chi connectivity index (χ0n) is 23.2. The molecular weight excluding hydrogens is 553 g/mol. The molecule has 0 saturated heterocycles. The molecule has 3 amide bonds. The van der Waals surface area contributed by atoms with E-state index in [0.29, 0.717) is 17.5 Å². The first-order chi connectivity index (χ1) is 19.3. The SMILES string of the molecule is CC(=O)NC(Cc1ccc(OP(=O)(O)O)cc1)C(=O)NC(CCC(=O)NCCC12CC3CC(CC(C3)C1)C2)C(=O)O. The van der Waals surface area contributed by atoms with Gasteiger partial charge in [-0.2, -0.15) is 0 Å². The van der Waals surface area contributed by atoms with E-state index >= 15 is 0 Å². The summed E-state index contributed by atoms with van der Waals surface area (Å²) in [5, 5.41) is 17.5. The fourth-order valence-electron chi connectivity index (χ4n) is 7.47. The molecule has 0 aromatic heterocycles. The molecule has 0 heterocycles. The average Bonchev–Trinajstić information content (AvgIpc) is 2.85. The van der Waals surface area contributed by atoms with Crippen LogP contribution in [0.4, 0.5) is 0 Å². The first-order valence-corrected chi connectivity index (χ1v) is 15.7. The molecule has 0 spiro atoms. The molecule has 1 aromatic rings. The fourth-order valence-corrected chi connectivity index (χ4v) is 7.87. The monoisotopic (exact) mass is 593 g/mol. The van der Waals surface area contributed by atoms with Crippen LogP contribution in [0, 0.1) is 23.2 Å². The third-order valence-electron chi connectivity index (χ3n) is 8.70. The molecule has 13 heteroatoms. The number of amides is 3. The van der Waals surface area contributed by atoms with E-state index in [1.165, 1.54) is 69.7 Å². The Labute approximate surface area is 239 Å². The quantitative estimate of drug-likeness (QED) is 0.176. The zero-order chi connectivity index (χ0) is 29.8. The molecule has 12 nitrogen and oxygen atoms in total. The molecule has 226 valence electrons. The van der Waals surface area contributed by atoms with Crippen molar-refractivity contribution < 1.29 is 43.2 Å². The van der Waals surface area contributed by atoms with Gasteiger partial charge in [0.2, 0.25) is 17.7 Å². The number of carbonyl (C=O) groups excluding carboxylic acids is 3. The fraction of sp³-hybridized carbons (Fsp3) is 0.643. The molecular formula is C28H40N3O9P. The lowest BCUT2D eigenvalue weighted by atomic mass is 9.49. The predicted molar refractivity (Wildman–Crippen MR) is 147 cm³/mol. The highest BCUT2D eigenvalue weighted by Gasteiger charge is 2.50. The second kappa shape index (κ2) is 12.9. The van der Waals surface area contributed by atoms with E-state index in [0.717, 1.165) is 24.2 Å². The highest BCUT2D eigenvalue weighted by molar-refractivity contribution is 7.46. The summed E-state index contributed by atoms with van der Waals surface area (Å²) < 4.78 is 15.5. The van der Waals surface area contributed by atoms with Gasteiger partial charge >= 0.3 is 13.8 Å². The van der Waals surface area contributed by atoms with Crippen LogP contribution in [-0.4, -0.2) is 57.2 Å². The number of benzene rings is 1. The normalized spacial score (nSPS) is 26.1. The van der Waals surface area contributed by atoms with Crippen LogP contribution in [0.25, 0.3) is 0 Å². The molecule has 2 atom stereocenters. The summed E-state index contributed by atoms with van der Waals surface area (Å²) >= 11 is 0. The van der Waals surface area contributed by atoms with Crippen LogP contribution in [0.1, 0.15) is 70.3 Å². The summed E-state index contributed by atoms with van der Waals surface area (Å²) in [5.41, 5.74) is 0.868. The van der Waals surface area contributed by atoms with Crippen molar-refractivity contribution in [3.63, 3.8) is 0 Å². The third-order valence-corrected chi connectivity index (χ3v) is 9.15. The Kier molecular flexibility index (Phi) is 9.77. The number of nitrogens with one attached hydrogen (secondary N) is 3. The van der Waals surface area contributed by atoms with Gasteiger partial charge in [0.15, 0.2) is 0 Å². The number of aliphatic carboxylic acids is 1. The smallest absolute Gasteiger partial charge is 0.480 e. The number of carboxylic acid groups (broad SMARTS) is 1.